The smallest absolute Gasteiger partial charge is 0.326 e. The van der Waals surface area contributed by atoms with Crippen LogP contribution >= 0.6 is 0 Å². The highest BCUT2D eigenvalue weighted by Crippen LogP contribution is 2.28. The molecule has 2 N–H and O–H groups in total. The Morgan fingerprint density at radius 2 is 1.70 bits per heavy atom. The van der Waals surface area contributed by atoms with E-state index in [0.29, 0.717) is 5.56 Å². The molecule has 0 saturated carbocycles. The van der Waals surface area contributed by atoms with E-state index in [-0.39, 0.29) is 30.2 Å². The fourth-order valence-corrected chi connectivity index (χ4v) is 3.30. The monoisotopic (exact) mass is 422 g/mol. The number of hydrogen-bond donors (Lipinski definition) is 2. The number of carboxylic acid groups (broad SMARTS) is 1. The molecule has 0 heterocycles. The zero-order valence-corrected chi connectivity index (χ0v) is 18.0. The van der Waals surface area contributed by atoms with Gasteiger partial charge in [0, 0.05) is 18.9 Å². The SMILES string of the molecule is CCCCCCCCCCCC(=O)N[C@@H](Cc1ccc(OC)c([N+](=O)[O-])c1)C(=O)O. The van der Waals surface area contributed by atoms with Gasteiger partial charge in [0.2, 0.25) is 5.91 Å². The van der Waals surface area contributed by atoms with Crippen molar-refractivity contribution >= 4 is 17.6 Å². The lowest BCUT2D eigenvalue weighted by Crippen LogP contribution is -2.42. The van der Waals surface area contributed by atoms with Crippen molar-refractivity contribution in [1.82, 2.24) is 5.32 Å². The van der Waals surface area contributed by atoms with Crippen LogP contribution in [0.5, 0.6) is 5.75 Å². The number of rotatable bonds is 16. The van der Waals surface area contributed by atoms with Crippen LogP contribution in [-0.2, 0) is 16.0 Å². The number of nitro groups is 1. The number of carboxylic acids is 1. The first-order valence-electron chi connectivity index (χ1n) is 10.7. The van der Waals surface area contributed by atoms with Crippen LogP contribution < -0.4 is 10.1 Å². The van der Waals surface area contributed by atoms with Gasteiger partial charge in [-0.3, -0.25) is 14.9 Å². The molecule has 0 unspecified atom stereocenters. The topological polar surface area (TPSA) is 119 Å². The van der Waals surface area contributed by atoms with Gasteiger partial charge in [-0.15, -0.1) is 0 Å². The largest absolute Gasteiger partial charge is 0.490 e. The van der Waals surface area contributed by atoms with Crippen LogP contribution in [0.4, 0.5) is 5.69 Å². The van der Waals surface area contributed by atoms with Crippen LogP contribution in [0.15, 0.2) is 18.2 Å². The molecule has 0 bridgehead atoms. The van der Waals surface area contributed by atoms with Crippen molar-refractivity contribution in [1.29, 1.82) is 0 Å². The van der Waals surface area contributed by atoms with Crippen LogP contribution in [0.3, 0.4) is 0 Å². The highest BCUT2D eigenvalue weighted by atomic mass is 16.6. The summed E-state index contributed by atoms with van der Waals surface area (Å²) in [6.45, 7) is 2.20. The van der Waals surface area contributed by atoms with Crippen LogP contribution in [0, 0.1) is 10.1 Å². The Morgan fingerprint density at radius 1 is 1.10 bits per heavy atom. The van der Waals surface area contributed by atoms with E-state index >= 15 is 0 Å². The Hall–Kier alpha value is -2.64. The molecule has 30 heavy (non-hydrogen) atoms. The summed E-state index contributed by atoms with van der Waals surface area (Å²) in [6.07, 6.45) is 10.5. The molecule has 1 amide bonds. The number of aliphatic carboxylic acids is 1. The lowest BCUT2D eigenvalue weighted by molar-refractivity contribution is -0.385. The van der Waals surface area contributed by atoms with Crippen molar-refractivity contribution in [3.8, 4) is 5.75 Å². The molecule has 1 rings (SSSR count). The molecule has 0 aliphatic heterocycles. The van der Waals surface area contributed by atoms with Gasteiger partial charge in [0.05, 0.1) is 12.0 Å². The molecule has 8 nitrogen and oxygen atoms in total. The molecular weight excluding hydrogens is 388 g/mol. The van der Waals surface area contributed by atoms with Gasteiger partial charge in [-0.2, -0.15) is 0 Å². The van der Waals surface area contributed by atoms with Crippen LogP contribution in [0.2, 0.25) is 0 Å². The number of hydrogen-bond acceptors (Lipinski definition) is 5. The fourth-order valence-electron chi connectivity index (χ4n) is 3.30. The minimum atomic E-state index is -1.17. The summed E-state index contributed by atoms with van der Waals surface area (Å²) in [6, 6.07) is 3.14. The predicted molar refractivity (Wildman–Crippen MR) is 115 cm³/mol. The number of amides is 1. The van der Waals surface area contributed by atoms with Crippen molar-refractivity contribution in [2.75, 3.05) is 7.11 Å². The third kappa shape index (κ3) is 9.71. The number of nitrogens with one attached hydrogen (secondary N) is 1. The van der Waals surface area contributed by atoms with E-state index in [4.69, 9.17) is 4.74 Å². The molecule has 0 aromatic heterocycles. The number of carbonyl (C=O) groups excluding carboxylic acids is 1. The maximum Gasteiger partial charge on any atom is 0.326 e. The van der Waals surface area contributed by atoms with Crippen molar-refractivity contribution in [2.45, 2.75) is 83.6 Å². The van der Waals surface area contributed by atoms with Gasteiger partial charge in [0.1, 0.15) is 6.04 Å². The number of methoxy groups -OCH3 is 1. The summed E-state index contributed by atoms with van der Waals surface area (Å²) in [4.78, 5) is 34.2. The number of nitro benzene ring substituents is 1. The molecule has 0 fully saturated rings. The third-order valence-electron chi connectivity index (χ3n) is 5.02. The van der Waals surface area contributed by atoms with Crippen molar-refractivity contribution in [3.05, 3.63) is 33.9 Å². The maximum absolute atomic E-state index is 12.1. The zero-order valence-electron chi connectivity index (χ0n) is 18.0. The normalized spacial score (nSPS) is 11.7. The first kappa shape index (κ1) is 25.4. The fraction of sp³-hybridized carbons (Fsp3) is 0.636. The number of benzene rings is 1. The van der Waals surface area contributed by atoms with Gasteiger partial charge in [-0.25, -0.2) is 4.79 Å². The van der Waals surface area contributed by atoms with E-state index in [1.807, 2.05) is 0 Å². The van der Waals surface area contributed by atoms with Gasteiger partial charge in [-0.05, 0) is 18.1 Å². The van der Waals surface area contributed by atoms with Gasteiger partial charge < -0.3 is 15.2 Å². The average molecular weight is 423 g/mol. The minimum absolute atomic E-state index is 0.0380. The number of nitrogens with zero attached hydrogens (tertiary/aromatic N) is 1. The first-order chi connectivity index (χ1) is 14.4. The molecule has 0 spiro atoms. The molecular formula is C22H34N2O6. The van der Waals surface area contributed by atoms with E-state index in [1.165, 1.54) is 57.8 Å². The van der Waals surface area contributed by atoms with E-state index in [0.717, 1.165) is 19.3 Å². The second-order valence-electron chi connectivity index (χ2n) is 7.50. The predicted octanol–water partition coefficient (Wildman–Crippen LogP) is 4.64. The summed E-state index contributed by atoms with van der Waals surface area (Å²) >= 11 is 0. The van der Waals surface area contributed by atoms with Crippen molar-refractivity contribution < 1.29 is 24.4 Å². The van der Waals surface area contributed by atoms with E-state index in [9.17, 15) is 24.8 Å². The lowest BCUT2D eigenvalue weighted by Gasteiger charge is -2.15. The van der Waals surface area contributed by atoms with Crippen LogP contribution in [-0.4, -0.2) is 35.1 Å². The number of carbonyl (C=O) groups is 2. The molecule has 0 aliphatic carbocycles. The molecule has 1 atom stereocenters. The summed E-state index contributed by atoms with van der Waals surface area (Å²) < 4.78 is 4.95. The molecule has 168 valence electrons. The highest BCUT2D eigenvalue weighted by molar-refractivity contribution is 5.83. The van der Waals surface area contributed by atoms with E-state index in [2.05, 4.69) is 12.2 Å². The molecule has 0 saturated heterocycles. The van der Waals surface area contributed by atoms with Gasteiger partial charge in [0.15, 0.2) is 5.75 Å². The standard InChI is InChI=1S/C22H34N2O6/c1-3-4-5-6-7-8-9-10-11-12-21(25)23-18(22(26)27)15-17-13-14-20(30-2)19(16-17)24(28)29/h13-14,16,18H,3-12,15H2,1-2H3,(H,23,25)(H,26,27)/t18-/m0/s1. The zero-order chi connectivity index (χ0) is 22.4. The Bertz CT molecular complexity index is 692. The maximum atomic E-state index is 12.1. The van der Waals surface area contributed by atoms with E-state index < -0.39 is 16.9 Å². The first-order valence-corrected chi connectivity index (χ1v) is 10.7. The Labute approximate surface area is 178 Å². The van der Waals surface area contributed by atoms with Crippen molar-refractivity contribution in [2.24, 2.45) is 0 Å². The number of ether oxygens (including phenoxy) is 1. The summed E-state index contributed by atoms with van der Waals surface area (Å²) in [5.74, 6) is -1.38. The third-order valence-corrected chi connectivity index (χ3v) is 5.02. The van der Waals surface area contributed by atoms with Crippen LogP contribution in [0.25, 0.3) is 0 Å². The second-order valence-corrected chi connectivity index (χ2v) is 7.50. The molecule has 1 aromatic carbocycles. The second kappa shape index (κ2) is 14.4. The average Bonchev–Trinajstić information content (AvgIpc) is 2.71. The molecule has 8 heteroatoms. The Morgan fingerprint density at radius 3 is 2.23 bits per heavy atom. The highest BCUT2D eigenvalue weighted by Gasteiger charge is 2.22. The van der Waals surface area contributed by atoms with Gasteiger partial charge in [-0.1, -0.05) is 64.4 Å². The van der Waals surface area contributed by atoms with Crippen LogP contribution in [0.1, 0.15) is 76.7 Å². The Kier molecular flexibility index (Phi) is 12.2. The summed E-state index contributed by atoms with van der Waals surface area (Å²) in [7, 11) is 1.33. The lowest BCUT2D eigenvalue weighted by atomic mass is 10.0. The van der Waals surface area contributed by atoms with Gasteiger partial charge in [0.25, 0.3) is 0 Å². The van der Waals surface area contributed by atoms with E-state index in [1.54, 1.807) is 6.07 Å². The quantitative estimate of drug-likeness (QED) is 0.228. The van der Waals surface area contributed by atoms with Gasteiger partial charge >= 0.3 is 11.7 Å². The molecule has 1 aromatic rings. The van der Waals surface area contributed by atoms with Crippen molar-refractivity contribution in [3.63, 3.8) is 0 Å². The number of unbranched alkanes of at least 4 members (excludes halogenated alkanes) is 8. The Balaban J connectivity index is 2.43. The molecule has 0 aliphatic rings. The minimum Gasteiger partial charge on any atom is -0.490 e. The summed E-state index contributed by atoms with van der Waals surface area (Å²) in [5.41, 5.74) is 0.207. The molecule has 0 radical (unpaired) electrons. The summed E-state index contributed by atoms with van der Waals surface area (Å²) in [5, 5.41) is 23.1.